The van der Waals surface area contributed by atoms with E-state index in [0.717, 1.165) is 32.6 Å². The monoisotopic (exact) mass is 412 g/mol. The Hall–Kier alpha value is -1.84. The van der Waals surface area contributed by atoms with Gasteiger partial charge in [0.2, 0.25) is 0 Å². The zero-order chi connectivity index (χ0) is 17.5. The summed E-state index contributed by atoms with van der Waals surface area (Å²) >= 11 is 0. The highest BCUT2D eigenvalue weighted by molar-refractivity contribution is 6.23. The van der Waals surface area contributed by atoms with Crippen LogP contribution in [0.1, 0.15) is 18.0 Å². The molecule has 5 rings (SSSR count). The second-order valence-electron chi connectivity index (χ2n) is 7.34. The predicted molar refractivity (Wildman–Crippen MR) is 127 cm³/mol. The van der Waals surface area contributed by atoms with Gasteiger partial charge in [-0.1, -0.05) is 60.7 Å². The molecule has 1 saturated heterocycles. The summed E-state index contributed by atoms with van der Waals surface area (Å²) in [5, 5.41) is 11.7. The van der Waals surface area contributed by atoms with Crippen molar-refractivity contribution in [1.82, 2.24) is 10.2 Å². The molecule has 146 valence electrons. The van der Waals surface area contributed by atoms with Crippen molar-refractivity contribution in [3.05, 3.63) is 72.8 Å². The first-order valence-corrected chi connectivity index (χ1v) is 9.59. The summed E-state index contributed by atoms with van der Waals surface area (Å²) < 4.78 is 0. The van der Waals surface area contributed by atoms with Crippen molar-refractivity contribution in [2.45, 2.75) is 12.5 Å². The van der Waals surface area contributed by atoms with Crippen LogP contribution in [0.15, 0.2) is 67.3 Å². The molecule has 1 aliphatic rings. The molecule has 1 N–H and O–H groups in total. The van der Waals surface area contributed by atoms with Crippen LogP contribution in [0.4, 0.5) is 0 Å². The molecule has 1 aliphatic heterocycles. The standard InChI is InChI=1S/C24H24N2.2ClH/c1-2-4-22(26-15-13-25-14-16-26)20-11-9-19-8-7-17-5-3-6-18-10-12-21(20)24(19)23(17)18;;/h2-3,5-12,22,25H,1,4,13-16H2;2*1H/t22-;;/m1../s1. The summed E-state index contributed by atoms with van der Waals surface area (Å²) in [7, 11) is 0. The highest BCUT2D eigenvalue weighted by atomic mass is 35.5. The van der Waals surface area contributed by atoms with Crippen LogP contribution in [0.5, 0.6) is 0 Å². The van der Waals surface area contributed by atoms with Crippen molar-refractivity contribution in [3.63, 3.8) is 0 Å². The number of piperazine rings is 1. The van der Waals surface area contributed by atoms with E-state index in [4.69, 9.17) is 0 Å². The maximum absolute atomic E-state index is 4.04. The third kappa shape index (κ3) is 3.35. The van der Waals surface area contributed by atoms with Gasteiger partial charge in [-0.05, 0) is 44.3 Å². The Balaban J connectivity index is 0.00000112. The lowest BCUT2D eigenvalue weighted by Crippen LogP contribution is -2.45. The van der Waals surface area contributed by atoms with Crippen molar-refractivity contribution in [3.8, 4) is 0 Å². The lowest BCUT2D eigenvalue weighted by Gasteiger charge is -2.35. The summed E-state index contributed by atoms with van der Waals surface area (Å²) in [5.74, 6) is 0. The van der Waals surface area contributed by atoms with Gasteiger partial charge in [-0.15, -0.1) is 31.4 Å². The van der Waals surface area contributed by atoms with Crippen LogP contribution in [0.3, 0.4) is 0 Å². The summed E-state index contributed by atoms with van der Waals surface area (Å²) in [6, 6.07) is 20.8. The minimum absolute atomic E-state index is 0. The molecule has 0 spiro atoms. The molecule has 4 heteroatoms. The lowest BCUT2D eigenvalue weighted by molar-refractivity contribution is 0.175. The molecule has 4 aromatic rings. The van der Waals surface area contributed by atoms with E-state index in [-0.39, 0.29) is 24.8 Å². The molecular formula is C24H26Cl2N2. The highest BCUT2D eigenvalue weighted by Crippen LogP contribution is 2.39. The van der Waals surface area contributed by atoms with Crippen LogP contribution < -0.4 is 5.32 Å². The van der Waals surface area contributed by atoms with Gasteiger partial charge in [0, 0.05) is 32.2 Å². The third-order valence-corrected chi connectivity index (χ3v) is 5.90. The molecule has 4 aromatic carbocycles. The molecule has 0 radical (unpaired) electrons. The van der Waals surface area contributed by atoms with E-state index in [0.29, 0.717) is 6.04 Å². The number of rotatable bonds is 4. The molecular weight excluding hydrogens is 387 g/mol. The predicted octanol–water partition coefficient (Wildman–Crippen LogP) is 5.95. The Bertz CT molecular complexity index is 1070. The summed E-state index contributed by atoms with van der Waals surface area (Å²) in [5.41, 5.74) is 1.44. The fourth-order valence-electron chi connectivity index (χ4n) is 4.67. The minimum atomic E-state index is 0. The van der Waals surface area contributed by atoms with E-state index in [1.165, 1.54) is 37.9 Å². The summed E-state index contributed by atoms with van der Waals surface area (Å²) in [6.45, 7) is 8.37. The van der Waals surface area contributed by atoms with E-state index in [9.17, 15) is 0 Å². The van der Waals surface area contributed by atoms with Gasteiger partial charge in [0.05, 0.1) is 0 Å². The second kappa shape index (κ2) is 8.67. The quantitative estimate of drug-likeness (QED) is 0.329. The summed E-state index contributed by atoms with van der Waals surface area (Å²) in [4.78, 5) is 2.62. The lowest BCUT2D eigenvalue weighted by atomic mass is 9.88. The van der Waals surface area contributed by atoms with Gasteiger partial charge < -0.3 is 5.32 Å². The van der Waals surface area contributed by atoms with Gasteiger partial charge in [0.1, 0.15) is 0 Å². The normalized spacial score (nSPS) is 16.0. The third-order valence-electron chi connectivity index (χ3n) is 5.90. The van der Waals surface area contributed by atoms with Crippen molar-refractivity contribution < 1.29 is 0 Å². The van der Waals surface area contributed by atoms with Gasteiger partial charge in [-0.2, -0.15) is 0 Å². The van der Waals surface area contributed by atoms with Gasteiger partial charge >= 0.3 is 0 Å². The molecule has 0 aromatic heterocycles. The largest absolute Gasteiger partial charge is 0.314 e. The molecule has 2 nitrogen and oxygen atoms in total. The van der Waals surface area contributed by atoms with Crippen LogP contribution in [0.2, 0.25) is 0 Å². The van der Waals surface area contributed by atoms with Crippen molar-refractivity contribution >= 4 is 57.1 Å². The molecule has 0 aliphatic carbocycles. The molecule has 1 heterocycles. The Morgan fingerprint density at radius 1 is 0.857 bits per heavy atom. The number of hydrogen-bond donors (Lipinski definition) is 1. The molecule has 0 bridgehead atoms. The van der Waals surface area contributed by atoms with E-state index < -0.39 is 0 Å². The Morgan fingerprint density at radius 3 is 2.14 bits per heavy atom. The zero-order valence-electron chi connectivity index (χ0n) is 15.9. The molecule has 0 saturated carbocycles. The average Bonchev–Trinajstić information content (AvgIpc) is 2.71. The van der Waals surface area contributed by atoms with Gasteiger partial charge in [0.15, 0.2) is 0 Å². The number of nitrogens with one attached hydrogen (secondary N) is 1. The zero-order valence-corrected chi connectivity index (χ0v) is 17.5. The van der Waals surface area contributed by atoms with E-state index in [1.54, 1.807) is 0 Å². The van der Waals surface area contributed by atoms with Crippen molar-refractivity contribution in [1.29, 1.82) is 0 Å². The first-order chi connectivity index (χ1) is 12.9. The highest BCUT2D eigenvalue weighted by Gasteiger charge is 2.23. The fraction of sp³-hybridized carbons (Fsp3) is 0.250. The average molecular weight is 413 g/mol. The molecule has 0 unspecified atom stereocenters. The van der Waals surface area contributed by atoms with Crippen LogP contribution >= 0.6 is 24.8 Å². The van der Waals surface area contributed by atoms with Crippen molar-refractivity contribution in [2.75, 3.05) is 26.2 Å². The van der Waals surface area contributed by atoms with E-state index in [2.05, 4.69) is 77.5 Å². The van der Waals surface area contributed by atoms with Crippen LogP contribution in [-0.4, -0.2) is 31.1 Å². The number of benzene rings is 4. The summed E-state index contributed by atoms with van der Waals surface area (Å²) in [6.07, 6.45) is 3.06. The van der Waals surface area contributed by atoms with Gasteiger partial charge in [-0.3, -0.25) is 4.90 Å². The van der Waals surface area contributed by atoms with Crippen LogP contribution in [0.25, 0.3) is 32.3 Å². The maximum atomic E-state index is 4.04. The SMILES string of the molecule is C=CC[C@H](c1ccc2ccc3cccc4ccc1c2c34)N1CCNCC1.Cl.Cl. The van der Waals surface area contributed by atoms with Crippen molar-refractivity contribution in [2.24, 2.45) is 0 Å². The Kier molecular flexibility index (Phi) is 6.47. The Morgan fingerprint density at radius 2 is 1.46 bits per heavy atom. The molecule has 1 fully saturated rings. The minimum Gasteiger partial charge on any atom is -0.314 e. The van der Waals surface area contributed by atoms with E-state index >= 15 is 0 Å². The number of halogens is 2. The molecule has 1 atom stereocenters. The number of hydrogen-bond acceptors (Lipinski definition) is 2. The first-order valence-electron chi connectivity index (χ1n) is 9.59. The van der Waals surface area contributed by atoms with Crippen LogP contribution in [0, 0.1) is 0 Å². The van der Waals surface area contributed by atoms with Gasteiger partial charge in [0.25, 0.3) is 0 Å². The van der Waals surface area contributed by atoms with Crippen LogP contribution in [-0.2, 0) is 0 Å². The van der Waals surface area contributed by atoms with E-state index in [1.807, 2.05) is 0 Å². The topological polar surface area (TPSA) is 15.3 Å². The molecule has 0 amide bonds. The van der Waals surface area contributed by atoms with Gasteiger partial charge in [-0.25, -0.2) is 0 Å². The fourth-order valence-corrected chi connectivity index (χ4v) is 4.67. The molecule has 28 heavy (non-hydrogen) atoms. The first kappa shape index (κ1) is 20.9. The maximum Gasteiger partial charge on any atom is 0.0389 e. The second-order valence-corrected chi connectivity index (χ2v) is 7.34. The Labute approximate surface area is 178 Å². The smallest absolute Gasteiger partial charge is 0.0389 e. The number of nitrogens with zero attached hydrogens (tertiary/aromatic N) is 1.